The van der Waals surface area contributed by atoms with E-state index >= 15 is 0 Å². The van der Waals surface area contributed by atoms with Gasteiger partial charge in [0.05, 0.1) is 12.1 Å². The number of carbonyl (C=O) groups is 1. The second-order valence-electron chi connectivity index (χ2n) is 5.64. The number of nitrogens with one attached hydrogen (secondary N) is 1. The van der Waals surface area contributed by atoms with Crippen molar-refractivity contribution < 1.29 is 9.90 Å². The number of hydrogen-bond acceptors (Lipinski definition) is 2. The van der Waals surface area contributed by atoms with Crippen LogP contribution in [-0.2, 0) is 4.79 Å². The number of aliphatic hydroxyl groups is 1. The second kappa shape index (κ2) is 6.39. The maximum Gasteiger partial charge on any atom is 0.223 e. The number of rotatable bonds is 5. The summed E-state index contributed by atoms with van der Waals surface area (Å²) < 4.78 is 0. The summed E-state index contributed by atoms with van der Waals surface area (Å²) in [5.74, 6) is 0.812. The molecule has 0 aromatic heterocycles. The third-order valence-corrected chi connectivity index (χ3v) is 4.14. The monoisotopic (exact) mass is 241 g/mol. The molecular weight excluding hydrogens is 214 g/mol. The Balaban J connectivity index is 2.64. The lowest BCUT2D eigenvalue weighted by Gasteiger charge is -2.40. The molecule has 0 heterocycles. The van der Waals surface area contributed by atoms with Crippen LogP contribution in [0.1, 0.15) is 59.3 Å². The molecule has 0 aromatic carbocycles. The average molecular weight is 241 g/mol. The quantitative estimate of drug-likeness (QED) is 0.777. The van der Waals surface area contributed by atoms with Crippen LogP contribution in [0.3, 0.4) is 0 Å². The normalized spacial score (nSPS) is 29.4. The number of carbonyl (C=O) groups excluding carboxylic acids is 1. The van der Waals surface area contributed by atoms with Crippen molar-refractivity contribution in [2.24, 2.45) is 11.8 Å². The molecule has 0 saturated heterocycles. The van der Waals surface area contributed by atoms with Crippen molar-refractivity contribution in [1.29, 1.82) is 0 Å². The number of hydrogen-bond donors (Lipinski definition) is 2. The fourth-order valence-electron chi connectivity index (χ4n) is 2.98. The van der Waals surface area contributed by atoms with Crippen molar-refractivity contribution in [2.75, 3.05) is 6.61 Å². The molecule has 1 amide bonds. The molecule has 100 valence electrons. The summed E-state index contributed by atoms with van der Waals surface area (Å²) in [5.41, 5.74) is -0.350. The first-order chi connectivity index (χ1) is 8.06. The van der Waals surface area contributed by atoms with Gasteiger partial charge in [-0.2, -0.15) is 0 Å². The Morgan fingerprint density at radius 1 is 1.47 bits per heavy atom. The lowest BCUT2D eigenvalue weighted by atomic mass is 9.76. The molecule has 0 aliphatic heterocycles. The van der Waals surface area contributed by atoms with Crippen molar-refractivity contribution in [2.45, 2.75) is 64.8 Å². The minimum Gasteiger partial charge on any atom is -0.394 e. The lowest BCUT2D eigenvalue weighted by molar-refractivity contribution is -0.128. The van der Waals surface area contributed by atoms with E-state index in [0.29, 0.717) is 5.92 Å². The van der Waals surface area contributed by atoms with Gasteiger partial charge in [-0.05, 0) is 31.6 Å². The Morgan fingerprint density at radius 2 is 2.12 bits per heavy atom. The van der Waals surface area contributed by atoms with E-state index in [0.717, 1.165) is 32.1 Å². The lowest BCUT2D eigenvalue weighted by Crippen LogP contribution is -2.55. The highest BCUT2D eigenvalue weighted by atomic mass is 16.3. The molecule has 2 unspecified atom stereocenters. The van der Waals surface area contributed by atoms with Crippen molar-refractivity contribution in [3.8, 4) is 0 Å². The van der Waals surface area contributed by atoms with Crippen LogP contribution in [0.4, 0.5) is 0 Å². The molecule has 0 radical (unpaired) electrons. The average Bonchev–Trinajstić information content (AvgIpc) is 2.30. The Labute approximate surface area is 105 Å². The van der Waals surface area contributed by atoms with E-state index < -0.39 is 0 Å². The van der Waals surface area contributed by atoms with Gasteiger partial charge in [-0.15, -0.1) is 0 Å². The van der Waals surface area contributed by atoms with E-state index in [2.05, 4.69) is 12.2 Å². The topological polar surface area (TPSA) is 49.3 Å². The van der Waals surface area contributed by atoms with Gasteiger partial charge in [0.1, 0.15) is 0 Å². The maximum atomic E-state index is 12.1. The molecule has 0 aromatic rings. The Bertz CT molecular complexity index is 251. The molecular formula is C14H27NO2. The van der Waals surface area contributed by atoms with E-state index in [1.165, 1.54) is 6.42 Å². The summed E-state index contributed by atoms with van der Waals surface area (Å²) in [5, 5.41) is 12.7. The molecule has 3 heteroatoms. The minimum atomic E-state index is -0.350. The third kappa shape index (κ3) is 3.70. The highest BCUT2D eigenvalue weighted by Crippen LogP contribution is 2.32. The number of amides is 1. The molecule has 2 atom stereocenters. The summed E-state index contributed by atoms with van der Waals surface area (Å²) in [6.45, 7) is 6.36. The third-order valence-electron chi connectivity index (χ3n) is 4.14. The van der Waals surface area contributed by atoms with E-state index in [9.17, 15) is 9.90 Å². The smallest absolute Gasteiger partial charge is 0.223 e. The summed E-state index contributed by atoms with van der Waals surface area (Å²) in [6, 6.07) is 0. The Morgan fingerprint density at radius 3 is 2.59 bits per heavy atom. The van der Waals surface area contributed by atoms with Crippen molar-refractivity contribution in [3.63, 3.8) is 0 Å². The number of aliphatic hydroxyl groups excluding tert-OH is 1. The Hall–Kier alpha value is -0.570. The zero-order valence-corrected chi connectivity index (χ0v) is 11.5. The van der Waals surface area contributed by atoms with Gasteiger partial charge in [0, 0.05) is 5.92 Å². The molecule has 0 spiro atoms. The van der Waals surface area contributed by atoms with E-state index in [1.54, 1.807) is 0 Å². The summed E-state index contributed by atoms with van der Waals surface area (Å²) in [7, 11) is 0. The van der Waals surface area contributed by atoms with Crippen LogP contribution in [0.15, 0.2) is 0 Å². The van der Waals surface area contributed by atoms with Gasteiger partial charge >= 0.3 is 0 Å². The van der Waals surface area contributed by atoms with Crippen LogP contribution in [0.5, 0.6) is 0 Å². The zero-order valence-electron chi connectivity index (χ0n) is 11.5. The molecule has 1 aliphatic rings. The summed E-state index contributed by atoms with van der Waals surface area (Å²) in [4.78, 5) is 12.1. The molecule has 3 nitrogen and oxygen atoms in total. The van der Waals surface area contributed by atoms with Gasteiger partial charge in [-0.1, -0.05) is 33.6 Å². The molecule has 1 saturated carbocycles. The van der Waals surface area contributed by atoms with Gasteiger partial charge in [0.2, 0.25) is 5.91 Å². The molecule has 1 rings (SSSR count). The molecule has 2 N–H and O–H groups in total. The highest BCUT2D eigenvalue weighted by molar-refractivity contribution is 5.79. The minimum absolute atomic E-state index is 0.0726. The van der Waals surface area contributed by atoms with Crippen LogP contribution >= 0.6 is 0 Å². The molecule has 0 bridgehead atoms. The van der Waals surface area contributed by atoms with Gasteiger partial charge < -0.3 is 10.4 Å². The van der Waals surface area contributed by atoms with Gasteiger partial charge in [0.25, 0.3) is 0 Å². The summed E-state index contributed by atoms with van der Waals surface area (Å²) in [6.07, 6.45) is 5.89. The van der Waals surface area contributed by atoms with Crippen molar-refractivity contribution in [1.82, 2.24) is 5.32 Å². The van der Waals surface area contributed by atoms with Gasteiger partial charge in [-0.25, -0.2) is 0 Å². The maximum absolute atomic E-state index is 12.1. The summed E-state index contributed by atoms with van der Waals surface area (Å²) >= 11 is 0. The van der Waals surface area contributed by atoms with Crippen molar-refractivity contribution >= 4 is 5.91 Å². The zero-order chi connectivity index (χ0) is 12.9. The standard InChI is InChI=1S/C14H27NO2/c1-4-12(5-2)13(17)15-14(10-16)8-6-7-11(3)9-14/h11-12,16H,4-10H2,1-3H3,(H,15,17). The van der Waals surface area contributed by atoms with Crippen molar-refractivity contribution in [3.05, 3.63) is 0 Å². The predicted octanol–water partition coefficient (Wildman–Crippen LogP) is 2.48. The van der Waals surface area contributed by atoms with Gasteiger partial charge in [-0.3, -0.25) is 4.79 Å². The molecule has 1 fully saturated rings. The van der Waals surface area contributed by atoms with E-state index in [4.69, 9.17) is 0 Å². The van der Waals surface area contributed by atoms with Crippen LogP contribution in [-0.4, -0.2) is 23.2 Å². The predicted molar refractivity (Wildman–Crippen MR) is 69.7 cm³/mol. The second-order valence-corrected chi connectivity index (χ2v) is 5.64. The van der Waals surface area contributed by atoms with Crippen LogP contribution in [0.2, 0.25) is 0 Å². The highest BCUT2D eigenvalue weighted by Gasteiger charge is 2.36. The fraction of sp³-hybridized carbons (Fsp3) is 0.929. The van der Waals surface area contributed by atoms with Crippen LogP contribution in [0.25, 0.3) is 0 Å². The van der Waals surface area contributed by atoms with E-state index in [1.807, 2.05) is 13.8 Å². The first kappa shape index (κ1) is 14.5. The molecule has 17 heavy (non-hydrogen) atoms. The van der Waals surface area contributed by atoms with Crippen LogP contribution < -0.4 is 5.32 Å². The van der Waals surface area contributed by atoms with Gasteiger partial charge in [0.15, 0.2) is 0 Å². The first-order valence-electron chi connectivity index (χ1n) is 6.99. The fourth-order valence-corrected chi connectivity index (χ4v) is 2.98. The van der Waals surface area contributed by atoms with Crippen LogP contribution in [0, 0.1) is 11.8 Å². The first-order valence-corrected chi connectivity index (χ1v) is 6.99. The molecule has 1 aliphatic carbocycles. The Kier molecular flexibility index (Phi) is 5.44. The SMILES string of the molecule is CCC(CC)C(=O)NC1(CO)CCCC(C)C1. The van der Waals surface area contributed by atoms with E-state index in [-0.39, 0.29) is 24.0 Å². The largest absolute Gasteiger partial charge is 0.394 e.